The summed E-state index contributed by atoms with van der Waals surface area (Å²) in [5, 5.41) is 6.16. The summed E-state index contributed by atoms with van der Waals surface area (Å²) >= 11 is 1.59. The highest BCUT2D eigenvalue weighted by Gasteiger charge is 2.16. The number of nitrogens with one attached hydrogen (secondary N) is 2. The van der Waals surface area contributed by atoms with Crippen molar-refractivity contribution in [2.24, 2.45) is 5.92 Å². The van der Waals surface area contributed by atoms with Crippen LogP contribution in [0.2, 0.25) is 0 Å². The summed E-state index contributed by atoms with van der Waals surface area (Å²) in [6.45, 7) is 4.94. The predicted molar refractivity (Wildman–Crippen MR) is 71.3 cm³/mol. The van der Waals surface area contributed by atoms with Gasteiger partial charge >= 0.3 is 0 Å². The number of aryl methyl sites for hydroxylation is 1. The first-order valence-corrected chi connectivity index (χ1v) is 6.89. The van der Waals surface area contributed by atoms with Gasteiger partial charge in [0.05, 0.1) is 5.75 Å². The second kappa shape index (κ2) is 6.07. The highest BCUT2D eigenvalue weighted by atomic mass is 32.2. The van der Waals surface area contributed by atoms with Crippen LogP contribution in [0.25, 0.3) is 0 Å². The number of hydrogen-bond donors (Lipinski definition) is 2. The molecule has 4 heteroatoms. The van der Waals surface area contributed by atoms with Gasteiger partial charge in [0.25, 0.3) is 0 Å². The standard InChI is InChI=1S/C13H18N2OS/c1-10-2-4-12(5-3-10)17-9-13(16)15-8-11-6-14-7-11/h2-5,11,14H,6-9H2,1H3,(H,15,16). The minimum Gasteiger partial charge on any atom is -0.355 e. The molecule has 0 aromatic heterocycles. The van der Waals surface area contributed by atoms with Crippen molar-refractivity contribution in [2.75, 3.05) is 25.4 Å². The van der Waals surface area contributed by atoms with Gasteiger partial charge in [-0.3, -0.25) is 4.79 Å². The molecule has 0 unspecified atom stereocenters. The van der Waals surface area contributed by atoms with Crippen LogP contribution in [0.4, 0.5) is 0 Å². The van der Waals surface area contributed by atoms with Crippen LogP contribution in [0, 0.1) is 12.8 Å². The van der Waals surface area contributed by atoms with Crippen molar-refractivity contribution in [1.82, 2.24) is 10.6 Å². The average molecular weight is 250 g/mol. The van der Waals surface area contributed by atoms with Gasteiger partial charge in [-0.2, -0.15) is 0 Å². The van der Waals surface area contributed by atoms with Gasteiger partial charge in [0.1, 0.15) is 0 Å². The summed E-state index contributed by atoms with van der Waals surface area (Å²) in [5.41, 5.74) is 1.25. The third kappa shape index (κ3) is 4.06. The molecule has 0 bridgehead atoms. The van der Waals surface area contributed by atoms with E-state index in [2.05, 4.69) is 41.8 Å². The second-order valence-corrected chi connectivity index (χ2v) is 5.48. The van der Waals surface area contributed by atoms with E-state index in [0.717, 1.165) is 24.5 Å². The highest BCUT2D eigenvalue weighted by molar-refractivity contribution is 8.00. The lowest BCUT2D eigenvalue weighted by molar-refractivity contribution is -0.118. The van der Waals surface area contributed by atoms with Gasteiger partial charge < -0.3 is 10.6 Å². The molecule has 1 heterocycles. The molecule has 2 N–H and O–H groups in total. The number of carbonyl (C=O) groups excluding carboxylic acids is 1. The molecular weight excluding hydrogens is 232 g/mol. The van der Waals surface area contributed by atoms with Gasteiger partial charge in [0.2, 0.25) is 5.91 Å². The summed E-state index contributed by atoms with van der Waals surface area (Å²) in [6, 6.07) is 8.26. The summed E-state index contributed by atoms with van der Waals surface area (Å²) in [6.07, 6.45) is 0. The van der Waals surface area contributed by atoms with Crippen LogP contribution in [0.5, 0.6) is 0 Å². The lowest BCUT2D eigenvalue weighted by Crippen LogP contribution is -2.48. The summed E-state index contributed by atoms with van der Waals surface area (Å²) in [4.78, 5) is 12.7. The minimum absolute atomic E-state index is 0.127. The fraction of sp³-hybridized carbons (Fsp3) is 0.462. The smallest absolute Gasteiger partial charge is 0.230 e. The molecule has 1 aliphatic heterocycles. The zero-order valence-corrected chi connectivity index (χ0v) is 10.8. The molecule has 1 aromatic rings. The Hall–Kier alpha value is -1.00. The van der Waals surface area contributed by atoms with Gasteiger partial charge in [-0.05, 0) is 19.1 Å². The van der Waals surface area contributed by atoms with Crippen LogP contribution in [-0.4, -0.2) is 31.3 Å². The van der Waals surface area contributed by atoms with Gasteiger partial charge in [0.15, 0.2) is 0 Å². The molecule has 1 aromatic carbocycles. The molecule has 1 aliphatic rings. The largest absolute Gasteiger partial charge is 0.355 e. The summed E-state index contributed by atoms with van der Waals surface area (Å²) < 4.78 is 0. The highest BCUT2D eigenvalue weighted by Crippen LogP contribution is 2.17. The Morgan fingerprint density at radius 3 is 2.71 bits per heavy atom. The minimum atomic E-state index is 0.127. The maximum Gasteiger partial charge on any atom is 0.230 e. The molecule has 0 atom stereocenters. The molecule has 1 saturated heterocycles. The fourth-order valence-corrected chi connectivity index (χ4v) is 2.31. The number of carbonyl (C=O) groups is 1. The van der Waals surface area contributed by atoms with Gasteiger partial charge in [0, 0.05) is 30.4 Å². The number of hydrogen-bond acceptors (Lipinski definition) is 3. The van der Waals surface area contributed by atoms with Crippen molar-refractivity contribution < 1.29 is 4.79 Å². The predicted octanol–water partition coefficient (Wildman–Crippen LogP) is 1.42. The molecular formula is C13H18N2OS. The molecule has 3 nitrogen and oxygen atoms in total. The molecule has 0 spiro atoms. The SMILES string of the molecule is Cc1ccc(SCC(=O)NCC2CNC2)cc1. The summed E-state index contributed by atoms with van der Waals surface area (Å²) in [7, 11) is 0. The molecule has 92 valence electrons. The molecule has 1 amide bonds. The zero-order valence-electron chi connectivity index (χ0n) is 10.0. The molecule has 0 radical (unpaired) electrons. The maximum absolute atomic E-state index is 11.6. The first kappa shape index (κ1) is 12.5. The van der Waals surface area contributed by atoms with E-state index in [1.54, 1.807) is 11.8 Å². The normalized spacial score (nSPS) is 15.4. The van der Waals surface area contributed by atoms with Crippen molar-refractivity contribution in [3.8, 4) is 0 Å². The van der Waals surface area contributed by atoms with Crippen LogP contribution in [-0.2, 0) is 4.79 Å². The Morgan fingerprint density at radius 2 is 2.12 bits per heavy atom. The first-order chi connectivity index (χ1) is 8.24. The van der Waals surface area contributed by atoms with E-state index in [0.29, 0.717) is 11.7 Å². The van der Waals surface area contributed by atoms with Gasteiger partial charge in [-0.1, -0.05) is 17.7 Å². The number of benzene rings is 1. The quantitative estimate of drug-likeness (QED) is 0.777. The molecule has 0 aliphatic carbocycles. The van der Waals surface area contributed by atoms with Crippen molar-refractivity contribution in [3.63, 3.8) is 0 Å². The molecule has 1 fully saturated rings. The fourth-order valence-electron chi connectivity index (χ4n) is 1.59. The Kier molecular flexibility index (Phi) is 4.45. The van der Waals surface area contributed by atoms with Gasteiger partial charge in [-0.15, -0.1) is 11.8 Å². The number of thioether (sulfide) groups is 1. The maximum atomic E-state index is 11.6. The first-order valence-electron chi connectivity index (χ1n) is 5.91. The topological polar surface area (TPSA) is 41.1 Å². The Bertz CT molecular complexity index is 374. The van der Waals surface area contributed by atoms with Crippen molar-refractivity contribution in [1.29, 1.82) is 0 Å². The third-order valence-corrected chi connectivity index (χ3v) is 3.86. The van der Waals surface area contributed by atoms with Crippen molar-refractivity contribution in [3.05, 3.63) is 29.8 Å². The number of rotatable bonds is 5. The average Bonchev–Trinajstić information content (AvgIpc) is 2.26. The lowest BCUT2D eigenvalue weighted by atomic mass is 10.0. The Labute approximate surface area is 106 Å². The Balaban J connectivity index is 1.66. The van der Waals surface area contributed by atoms with E-state index >= 15 is 0 Å². The Morgan fingerprint density at radius 1 is 1.41 bits per heavy atom. The van der Waals surface area contributed by atoms with Crippen LogP contribution >= 0.6 is 11.8 Å². The molecule has 0 saturated carbocycles. The van der Waals surface area contributed by atoms with Crippen molar-refractivity contribution in [2.45, 2.75) is 11.8 Å². The van der Waals surface area contributed by atoms with E-state index in [4.69, 9.17) is 0 Å². The monoisotopic (exact) mass is 250 g/mol. The van der Waals surface area contributed by atoms with Gasteiger partial charge in [-0.25, -0.2) is 0 Å². The van der Waals surface area contributed by atoms with E-state index in [1.807, 2.05) is 0 Å². The molecule has 17 heavy (non-hydrogen) atoms. The van der Waals surface area contributed by atoms with Crippen LogP contribution in [0.15, 0.2) is 29.2 Å². The van der Waals surface area contributed by atoms with Crippen LogP contribution < -0.4 is 10.6 Å². The van der Waals surface area contributed by atoms with E-state index in [1.165, 1.54) is 5.56 Å². The third-order valence-electron chi connectivity index (χ3n) is 2.84. The second-order valence-electron chi connectivity index (χ2n) is 4.43. The summed E-state index contributed by atoms with van der Waals surface area (Å²) in [5.74, 6) is 1.26. The van der Waals surface area contributed by atoms with Crippen LogP contribution in [0.3, 0.4) is 0 Å². The van der Waals surface area contributed by atoms with Crippen LogP contribution in [0.1, 0.15) is 5.56 Å². The van der Waals surface area contributed by atoms with E-state index < -0.39 is 0 Å². The molecule has 2 rings (SSSR count). The zero-order chi connectivity index (χ0) is 12.1. The van der Waals surface area contributed by atoms with E-state index in [-0.39, 0.29) is 5.91 Å². The van der Waals surface area contributed by atoms with E-state index in [9.17, 15) is 4.79 Å². The van der Waals surface area contributed by atoms with Crippen molar-refractivity contribution >= 4 is 17.7 Å². The lowest BCUT2D eigenvalue weighted by Gasteiger charge is -2.27. The number of amides is 1.